The fourth-order valence-electron chi connectivity index (χ4n) is 1.87. The molecule has 0 amide bonds. The van der Waals surface area contributed by atoms with E-state index in [0.29, 0.717) is 27.2 Å². The van der Waals surface area contributed by atoms with Crippen molar-refractivity contribution >= 4 is 57.9 Å². The van der Waals surface area contributed by atoms with Gasteiger partial charge in [-0.2, -0.15) is 10.1 Å². The molecule has 3 rings (SSSR count). The third-order valence-electron chi connectivity index (χ3n) is 2.95. The fraction of sp³-hybridized carbons (Fsp3) is 0. The largest absolute Gasteiger partial charge is 0.339 e. The predicted octanol–water partition coefficient (Wildman–Crippen LogP) is 5.46. The lowest BCUT2D eigenvalue weighted by Gasteiger charge is -2.10. The molecule has 9 heteroatoms. The van der Waals surface area contributed by atoms with E-state index in [1.54, 1.807) is 18.2 Å². The first-order valence-corrected chi connectivity index (χ1v) is 7.79. The molecule has 0 unspecified atom stereocenters. The summed E-state index contributed by atoms with van der Waals surface area (Å²) in [4.78, 5) is 4.25. The van der Waals surface area contributed by atoms with Crippen molar-refractivity contribution in [3.05, 3.63) is 63.5 Å². The van der Waals surface area contributed by atoms with Gasteiger partial charge in [0.2, 0.25) is 5.95 Å². The van der Waals surface area contributed by atoms with Crippen LogP contribution in [0.15, 0.2) is 42.6 Å². The number of rotatable bonds is 4. The van der Waals surface area contributed by atoms with Gasteiger partial charge in [-0.1, -0.05) is 40.9 Å². The molecule has 5 nitrogen and oxygen atoms in total. The number of hydrogen-bond donors (Lipinski definition) is 2. The Bertz CT molecular complexity index is 870. The number of halogens is 4. The molecule has 0 saturated heterocycles. The number of nitrogens with one attached hydrogen (secondary N) is 2. The number of para-hydroxylation sites is 1. The van der Waals surface area contributed by atoms with Crippen molar-refractivity contribution in [1.29, 1.82) is 0 Å². The molecule has 0 fully saturated rings. The van der Waals surface area contributed by atoms with Crippen molar-refractivity contribution in [2.75, 3.05) is 10.6 Å². The van der Waals surface area contributed by atoms with Gasteiger partial charge in [0, 0.05) is 5.69 Å². The standard InChI is InChI=1S/C15H9Cl3FN5/c16-9-2-1-3-10(17)14(9)23-15-22-13(7-20-24-15)21-8-4-5-12(19)11(18)6-8/h1-7H,(H2,21,22,23,24). The van der Waals surface area contributed by atoms with Crippen LogP contribution in [0.2, 0.25) is 15.1 Å². The molecule has 0 aliphatic rings. The lowest BCUT2D eigenvalue weighted by atomic mass is 10.3. The summed E-state index contributed by atoms with van der Waals surface area (Å²) in [5.74, 6) is 0.0836. The van der Waals surface area contributed by atoms with Gasteiger partial charge in [-0.15, -0.1) is 5.10 Å². The van der Waals surface area contributed by atoms with E-state index in [2.05, 4.69) is 25.8 Å². The van der Waals surface area contributed by atoms with Gasteiger partial charge in [0.05, 0.1) is 27.0 Å². The van der Waals surface area contributed by atoms with E-state index in [1.807, 2.05) is 0 Å². The smallest absolute Gasteiger partial charge is 0.249 e. The second kappa shape index (κ2) is 7.17. The van der Waals surface area contributed by atoms with Gasteiger partial charge in [-0.05, 0) is 30.3 Å². The molecule has 1 aromatic heterocycles. The van der Waals surface area contributed by atoms with E-state index in [-0.39, 0.29) is 11.0 Å². The summed E-state index contributed by atoms with van der Waals surface area (Å²) < 4.78 is 13.2. The Morgan fingerprint density at radius 3 is 2.38 bits per heavy atom. The van der Waals surface area contributed by atoms with Crippen LogP contribution in [-0.4, -0.2) is 15.2 Å². The highest BCUT2D eigenvalue weighted by atomic mass is 35.5. The van der Waals surface area contributed by atoms with Crippen molar-refractivity contribution in [2.45, 2.75) is 0 Å². The SMILES string of the molecule is Fc1ccc(Nc2cnnc(Nc3c(Cl)cccc3Cl)n2)cc1Cl. The van der Waals surface area contributed by atoms with Crippen LogP contribution in [0.3, 0.4) is 0 Å². The predicted molar refractivity (Wildman–Crippen MR) is 94.3 cm³/mol. The Balaban J connectivity index is 1.82. The van der Waals surface area contributed by atoms with Gasteiger partial charge in [0.15, 0.2) is 5.82 Å². The highest BCUT2D eigenvalue weighted by Gasteiger charge is 2.09. The van der Waals surface area contributed by atoms with Gasteiger partial charge >= 0.3 is 0 Å². The summed E-state index contributed by atoms with van der Waals surface area (Å²) in [7, 11) is 0. The molecule has 0 atom stereocenters. The normalized spacial score (nSPS) is 10.5. The summed E-state index contributed by atoms with van der Waals surface area (Å²) in [6.45, 7) is 0. The third-order valence-corrected chi connectivity index (χ3v) is 3.87. The van der Waals surface area contributed by atoms with E-state index in [4.69, 9.17) is 34.8 Å². The molecule has 2 N–H and O–H groups in total. The molecule has 0 spiro atoms. The van der Waals surface area contributed by atoms with E-state index >= 15 is 0 Å². The van der Waals surface area contributed by atoms with Crippen molar-refractivity contribution in [2.24, 2.45) is 0 Å². The number of aromatic nitrogens is 3. The minimum atomic E-state index is -0.501. The maximum absolute atomic E-state index is 13.2. The second-order valence-electron chi connectivity index (χ2n) is 4.64. The summed E-state index contributed by atoms with van der Waals surface area (Å²) >= 11 is 17.9. The zero-order chi connectivity index (χ0) is 17.1. The molecular formula is C15H9Cl3FN5. The first-order chi connectivity index (χ1) is 11.5. The molecule has 3 aromatic rings. The monoisotopic (exact) mass is 383 g/mol. The van der Waals surface area contributed by atoms with E-state index in [1.165, 1.54) is 24.4 Å². The Morgan fingerprint density at radius 2 is 1.67 bits per heavy atom. The van der Waals surface area contributed by atoms with E-state index in [9.17, 15) is 4.39 Å². The quantitative estimate of drug-likeness (QED) is 0.625. The van der Waals surface area contributed by atoms with Gasteiger partial charge in [-0.3, -0.25) is 0 Å². The van der Waals surface area contributed by atoms with Crippen LogP contribution in [0, 0.1) is 5.82 Å². The maximum atomic E-state index is 13.2. The van der Waals surface area contributed by atoms with Crippen LogP contribution in [0.4, 0.5) is 27.5 Å². The average molecular weight is 385 g/mol. The molecule has 2 aromatic carbocycles. The topological polar surface area (TPSA) is 62.7 Å². The molecule has 0 saturated carbocycles. The molecule has 0 radical (unpaired) electrons. The van der Waals surface area contributed by atoms with Crippen LogP contribution in [0.25, 0.3) is 0 Å². The molecule has 0 bridgehead atoms. The van der Waals surface area contributed by atoms with Crippen molar-refractivity contribution in [3.8, 4) is 0 Å². The third kappa shape index (κ3) is 3.84. The van der Waals surface area contributed by atoms with Crippen LogP contribution in [-0.2, 0) is 0 Å². The first kappa shape index (κ1) is 16.7. The fourth-order valence-corrected chi connectivity index (χ4v) is 2.54. The maximum Gasteiger partial charge on any atom is 0.249 e. The van der Waals surface area contributed by atoms with Crippen molar-refractivity contribution in [3.63, 3.8) is 0 Å². The Morgan fingerprint density at radius 1 is 0.917 bits per heavy atom. The first-order valence-electron chi connectivity index (χ1n) is 6.66. The lowest BCUT2D eigenvalue weighted by Crippen LogP contribution is -2.03. The van der Waals surface area contributed by atoms with Gasteiger partial charge in [0.25, 0.3) is 0 Å². The van der Waals surface area contributed by atoms with E-state index < -0.39 is 5.82 Å². The number of hydrogen-bond acceptors (Lipinski definition) is 5. The number of nitrogens with zero attached hydrogens (tertiary/aromatic N) is 3. The minimum Gasteiger partial charge on any atom is -0.339 e. The molecule has 1 heterocycles. The molecule has 24 heavy (non-hydrogen) atoms. The van der Waals surface area contributed by atoms with Crippen LogP contribution >= 0.6 is 34.8 Å². The summed E-state index contributed by atoms with van der Waals surface area (Å²) in [5, 5.41) is 14.4. The van der Waals surface area contributed by atoms with Gasteiger partial charge < -0.3 is 10.6 Å². The van der Waals surface area contributed by atoms with Gasteiger partial charge in [-0.25, -0.2) is 4.39 Å². The molecule has 122 valence electrons. The lowest BCUT2D eigenvalue weighted by molar-refractivity contribution is 0.628. The summed E-state index contributed by atoms with van der Waals surface area (Å²) in [6.07, 6.45) is 1.41. The molecule has 0 aliphatic carbocycles. The number of benzene rings is 2. The second-order valence-corrected chi connectivity index (χ2v) is 5.86. The zero-order valence-corrected chi connectivity index (χ0v) is 14.2. The Kier molecular flexibility index (Phi) is 4.99. The summed E-state index contributed by atoms with van der Waals surface area (Å²) in [5.41, 5.74) is 1.04. The summed E-state index contributed by atoms with van der Waals surface area (Å²) in [6, 6.07) is 9.32. The molecule has 0 aliphatic heterocycles. The minimum absolute atomic E-state index is 0.00297. The zero-order valence-electron chi connectivity index (χ0n) is 11.9. The molecular weight excluding hydrogens is 376 g/mol. The van der Waals surface area contributed by atoms with Crippen LogP contribution in [0.5, 0.6) is 0 Å². The average Bonchev–Trinajstić information content (AvgIpc) is 2.55. The Labute approximate surface area is 151 Å². The Hall–Kier alpha value is -2.15. The van der Waals surface area contributed by atoms with Crippen LogP contribution < -0.4 is 10.6 Å². The van der Waals surface area contributed by atoms with Crippen molar-refractivity contribution in [1.82, 2.24) is 15.2 Å². The van der Waals surface area contributed by atoms with Crippen LogP contribution in [0.1, 0.15) is 0 Å². The van der Waals surface area contributed by atoms with E-state index in [0.717, 1.165) is 0 Å². The number of anilines is 4. The highest BCUT2D eigenvalue weighted by Crippen LogP contribution is 2.31. The van der Waals surface area contributed by atoms with Gasteiger partial charge in [0.1, 0.15) is 5.82 Å². The highest BCUT2D eigenvalue weighted by molar-refractivity contribution is 6.39. The van der Waals surface area contributed by atoms with Crippen molar-refractivity contribution < 1.29 is 4.39 Å².